The number of allylic oxidation sites excluding steroid dienone is 2. The van der Waals surface area contributed by atoms with Crippen LogP contribution in [0.5, 0.6) is 0 Å². The summed E-state index contributed by atoms with van der Waals surface area (Å²) in [6, 6.07) is 23.8. The molecule has 2 saturated heterocycles. The van der Waals surface area contributed by atoms with Crippen molar-refractivity contribution >= 4 is 33.6 Å². The molecule has 3 aromatic rings. The molecule has 256 valence electrons. The third-order valence-electron chi connectivity index (χ3n) is 9.09. The zero-order valence-electron chi connectivity index (χ0n) is 27.6. The molecule has 0 amide bonds. The second-order valence-electron chi connectivity index (χ2n) is 12.7. The predicted molar refractivity (Wildman–Crippen MR) is 189 cm³/mol. The molecule has 0 aromatic heterocycles. The first-order chi connectivity index (χ1) is 23.4. The quantitative estimate of drug-likeness (QED) is 0.263. The van der Waals surface area contributed by atoms with Gasteiger partial charge in [-0.05, 0) is 85.9 Å². The summed E-state index contributed by atoms with van der Waals surface area (Å²) in [5, 5.41) is 10.5. The van der Waals surface area contributed by atoms with E-state index in [4.69, 9.17) is 18.9 Å². The molecule has 7 nitrogen and oxygen atoms in total. The predicted octanol–water partition coefficient (Wildman–Crippen LogP) is 9.18. The van der Waals surface area contributed by atoms with Gasteiger partial charge in [-0.1, -0.05) is 83.4 Å². The second-order valence-corrected chi connectivity index (χ2v) is 13.6. The van der Waals surface area contributed by atoms with Crippen LogP contribution >= 0.6 is 15.9 Å². The number of hydrogen-bond acceptors (Lipinski definition) is 7. The Kier molecular flexibility index (Phi) is 14.1. The Morgan fingerprint density at radius 3 is 1.85 bits per heavy atom. The van der Waals surface area contributed by atoms with Gasteiger partial charge in [0.05, 0.1) is 32.0 Å². The van der Waals surface area contributed by atoms with Crippen molar-refractivity contribution < 1.29 is 33.6 Å². The summed E-state index contributed by atoms with van der Waals surface area (Å²) in [4.78, 5) is 20.8. The van der Waals surface area contributed by atoms with Crippen molar-refractivity contribution in [2.45, 2.75) is 88.8 Å². The summed E-state index contributed by atoms with van der Waals surface area (Å²) in [6.45, 7) is 2.69. The van der Waals surface area contributed by atoms with E-state index in [1.54, 1.807) is 0 Å². The third kappa shape index (κ3) is 10.8. The summed E-state index contributed by atoms with van der Waals surface area (Å²) in [6.07, 6.45) is 14.3. The molecule has 0 spiro atoms. The van der Waals surface area contributed by atoms with Gasteiger partial charge < -0.3 is 24.1 Å². The Labute approximate surface area is 292 Å². The van der Waals surface area contributed by atoms with Gasteiger partial charge in [0, 0.05) is 34.0 Å². The van der Waals surface area contributed by atoms with E-state index in [0.717, 1.165) is 90.8 Å². The Bertz CT molecular complexity index is 1490. The number of benzene rings is 3. The van der Waals surface area contributed by atoms with Crippen molar-refractivity contribution in [3.05, 3.63) is 111 Å². The average Bonchev–Trinajstić information content (AvgIpc) is 3.97. The zero-order chi connectivity index (χ0) is 33.6. The van der Waals surface area contributed by atoms with Crippen molar-refractivity contribution in [2.24, 2.45) is 0 Å². The molecule has 0 atom stereocenters. The number of Topliss-reactive ketones (excluding diaryl/α,β-unsaturated/α-hetero) is 1. The highest BCUT2D eigenvalue weighted by Crippen LogP contribution is 2.39. The van der Waals surface area contributed by atoms with Crippen LogP contribution in [0.25, 0.3) is 5.57 Å². The van der Waals surface area contributed by atoms with Crippen molar-refractivity contribution in [2.75, 3.05) is 26.4 Å². The fourth-order valence-corrected chi connectivity index (χ4v) is 6.91. The van der Waals surface area contributed by atoms with Crippen molar-refractivity contribution in [3.63, 3.8) is 0 Å². The average molecular weight is 720 g/mol. The Morgan fingerprint density at radius 1 is 0.708 bits per heavy atom. The fourth-order valence-electron chi connectivity index (χ4n) is 6.49. The number of hydrogen-bond donors (Lipinski definition) is 1. The van der Waals surface area contributed by atoms with Gasteiger partial charge in [0.25, 0.3) is 0 Å². The van der Waals surface area contributed by atoms with Crippen LogP contribution in [0.15, 0.2) is 83.3 Å². The first-order valence-electron chi connectivity index (χ1n) is 17.2. The number of ketones is 1. The SMILES string of the molecule is Brc1cccc(C2OCCO2)c1.O=C1CCCC1.O=Cc1cccc(C2=CCCC2)c1.OC1(c2cccc(C3OCCO3)c2)CCCC1. The molecule has 3 aliphatic carbocycles. The molecule has 0 bridgehead atoms. The van der Waals surface area contributed by atoms with Crippen LogP contribution in [0.3, 0.4) is 0 Å². The number of aldehydes is 1. The van der Waals surface area contributed by atoms with Crippen LogP contribution in [0.2, 0.25) is 0 Å². The van der Waals surface area contributed by atoms with E-state index in [1.807, 2.05) is 66.7 Å². The van der Waals surface area contributed by atoms with Gasteiger partial charge in [-0.25, -0.2) is 0 Å². The van der Waals surface area contributed by atoms with Crippen LogP contribution < -0.4 is 0 Å². The first-order valence-corrected chi connectivity index (χ1v) is 18.0. The van der Waals surface area contributed by atoms with Gasteiger partial charge in [0.15, 0.2) is 12.6 Å². The summed E-state index contributed by atoms with van der Waals surface area (Å²) >= 11 is 3.40. The maximum Gasteiger partial charge on any atom is 0.184 e. The van der Waals surface area contributed by atoms with Crippen LogP contribution in [0, 0.1) is 0 Å². The molecule has 2 heterocycles. The monoisotopic (exact) mass is 718 g/mol. The van der Waals surface area contributed by atoms with Gasteiger partial charge in [0.1, 0.15) is 12.1 Å². The van der Waals surface area contributed by atoms with Crippen molar-refractivity contribution in [1.82, 2.24) is 0 Å². The maximum absolute atomic E-state index is 10.6. The molecular formula is C40H47BrO7. The molecule has 3 aromatic carbocycles. The number of carbonyl (C=O) groups excluding carboxylic acids is 2. The standard InChI is InChI=1S/C14H18O3.C12H12O.C9H9BrO2.C5H8O/c15-14(6-1-2-7-14)12-5-3-4-11(10-12)13-16-8-9-17-13;13-9-10-4-3-7-12(8-10)11-5-1-2-6-11;10-8-3-1-2-7(6-8)9-11-4-5-12-9;6-5-3-1-2-4-5/h3-5,10,13,15H,1-2,6-9H2;3-5,7-9H,1-2,6H2;1-3,6,9H,4-5H2;1-4H2. The highest BCUT2D eigenvalue weighted by atomic mass is 79.9. The van der Waals surface area contributed by atoms with E-state index in [1.165, 1.54) is 24.0 Å². The Hall–Kier alpha value is -2.98. The summed E-state index contributed by atoms with van der Waals surface area (Å²) < 4.78 is 22.7. The molecule has 0 unspecified atom stereocenters. The summed E-state index contributed by atoms with van der Waals surface area (Å²) in [5.74, 6) is 0.454. The highest BCUT2D eigenvalue weighted by molar-refractivity contribution is 9.10. The minimum absolute atomic E-state index is 0.164. The topological polar surface area (TPSA) is 91.3 Å². The normalized spacial score (nSPS) is 20.2. The lowest BCUT2D eigenvalue weighted by molar-refractivity contribution is -0.117. The number of ether oxygens (including phenoxy) is 4. The summed E-state index contributed by atoms with van der Waals surface area (Å²) in [5.41, 5.74) is 5.83. The Morgan fingerprint density at radius 2 is 1.31 bits per heavy atom. The molecule has 2 saturated carbocycles. The molecule has 8 rings (SSSR count). The van der Waals surface area contributed by atoms with Crippen LogP contribution in [0.4, 0.5) is 0 Å². The van der Waals surface area contributed by atoms with E-state index >= 15 is 0 Å². The van der Waals surface area contributed by atoms with Gasteiger partial charge in [-0.2, -0.15) is 0 Å². The minimum atomic E-state index is -0.630. The number of carbonyl (C=O) groups is 2. The van der Waals surface area contributed by atoms with Gasteiger partial charge >= 0.3 is 0 Å². The second kappa shape index (κ2) is 18.7. The van der Waals surface area contributed by atoms with Crippen LogP contribution in [-0.2, 0) is 29.3 Å². The fraction of sp³-hybridized carbons (Fsp3) is 0.450. The van der Waals surface area contributed by atoms with E-state index in [9.17, 15) is 14.7 Å². The molecular weight excluding hydrogens is 672 g/mol. The smallest absolute Gasteiger partial charge is 0.184 e. The maximum atomic E-state index is 10.6. The minimum Gasteiger partial charge on any atom is -0.385 e. The lowest BCUT2D eigenvalue weighted by Crippen LogP contribution is -2.21. The zero-order valence-corrected chi connectivity index (χ0v) is 29.2. The highest BCUT2D eigenvalue weighted by Gasteiger charge is 2.33. The summed E-state index contributed by atoms with van der Waals surface area (Å²) in [7, 11) is 0. The largest absolute Gasteiger partial charge is 0.385 e. The lowest BCUT2D eigenvalue weighted by Gasteiger charge is -2.23. The van der Waals surface area contributed by atoms with Crippen LogP contribution in [0.1, 0.15) is 116 Å². The van der Waals surface area contributed by atoms with Gasteiger partial charge in [-0.15, -0.1) is 0 Å². The molecule has 5 aliphatic rings. The number of rotatable bonds is 5. The molecule has 4 fully saturated rings. The van der Waals surface area contributed by atoms with Gasteiger partial charge in [-0.3, -0.25) is 9.59 Å². The van der Waals surface area contributed by atoms with E-state index in [2.05, 4.69) is 28.1 Å². The molecule has 0 radical (unpaired) electrons. The number of halogens is 1. The van der Waals surface area contributed by atoms with Crippen molar-refractivity contribution in [3.8, 4) is 0 Å². The molecule has 2 aliphatic heterocycles. The van der Waals surface area contributed by atoms with Crippen molar-refractivity contribution in [1.29, 1.82) is 0 Å². The first kappa shape index (κ1) is 36.3. The Balaban J connectivity index is 0.000000131. The lowest BCUT2D eigenvalue weighted by atomic mass is 9.91. The molecule has 1 N–H and O–H groups in total. The number of aliphatic hydroxyl groups is 1. The molecule has 8 heteroatoms. The van der Waals surface area contributed by atoms with E-state index in [0.29, 0.717) is 32.2 Å². The third-order valence-corrected chi connectivity index (χ3v) is 9.58. The van der Waals surface area contributed by atoms with Crippen LogP contribution in [-0.4, -0.2) is 43.6 Å². The van der Waals surface area contributed by atoms with E-state index < -0.39 is 5.60 Å². The van der Waals surface area contributed by atoms with Gasteiger partial charge in [0.2, 0.25) is 0 Å². The molecule has 48 heavy (non-hydrogen) atoms. The van der Waals surface area contributed by atoms with E-state index in [-0.39, 0.29) is 12.6 Å².